The summed E-state index contributed by atoms with van der Waals surface area (Å²) in [4.78, 5) is 0. The molecule has 2 N–H and O–H groups in total. The van der Waals surface area contributed by atoms with Gasteiger partial charge < -0.3 is 10.1 Å². The zero-order valence-corrected chi connectivity index (χ0v) is 12.7. The van der Waals surface area contributed by atoms with E-state index >= 15 is 0 Å². The summed E-state index contributed by atoms with van der Waals surface area (Å²) in [5.74, 6) is 0.787. The maximum Gasteiger partial charge on any atom is 0.263 e. The average Bonchev–Trinajstić information content (AvgIpc) is 3.07. The van der Waals surface area contributed by atoms with Crippen molar-refractivity contribution in [1.29, 1.82) is 0 Å². The van der Waals surface area contributed by atoms with Crippen LogP contribution in [0.1, 0.15) is 11.1 Å². The summed E-state index contributed by atoms with van der Waals surface area (Å²) < 4.78 is 18.7. The molecule has 0 amide bonds. The SMILES string of the molecule is Fc1ccc(COc2ccc(Cl)cc2CNc2nn[nH]n2)cc1. The van der Waals surface area contributed by atoms with Crippen LogP contribution in [0.2, 0.25) is 5.02 Å². The number of aromatic amines is 1. The maximum atomic E-state index is 12.9. The predicted octanol–water partition coefficient (Wildman–Crippen LogP) is 3.18. The molecule has 8 heteroatoms. The molecule has 0 saturated heterocycles. The normalized spacial score (nSPS) is 10.5. The topological polar surface area (TPSA) is 75.7 Å². The van der Waals surface area contributed by atoms with Gasteiger partial charge in [-0.1, -0.05) is 28.8 Å². The zero-order valence-electron chi connectivity index (χ0n) is 12.0. The first-order valence-corrected chi connectivity index (χ1v) is 7.21. The summed E-state index contributed by atoms with van der Waals surface area (Å²) in [6.45, 7) is 0.760. The van der Waals surface area contributed by atoms with E-state index in [0.29, 0.717) is 29.9 Å². The fourth-order valence-electron chi connectivity index (χ4n) is 1.98. The number of aromatic nitrogens is 4. The molecule has 1 heterocycles. The molecular weight excluding hydrogens is 321 g/mol. The van der Waals surface area contributed by atoms with Gasteiger partial charge in [-0.3, -0.25) is 0 Å². The fraction of sp³-hybridized carbons (Fsp3) is 0.133. The van der Waals surface area contributed by atoms with Crippen molar-refractivity contribution in [2.75, 3.05) is 5.32 Å². The molecule has 6 nitrogen and oxygen atoms in total. The van der Waals surface area contributed by atoms with Crippen molar-refractivity contribution in [3.63, 3.8) is 0 Å². The van der Waals surface area contributed by atoms with Gasteiger partial charge in [0.2, 0.25) is 0 Å². The summed E-state index contributed by atoms with van der Waals surface area (Å²) in [6.07, 6.45) is 0. The minimum absolute atomic E-state index is 0.273. The van der Waals surface area contributed by atoms with E-state index in [4.69, 9.17) is 16.3 Å². The van der Waals surface area contributed by atoms with Crippen LogP contribution < -0.4 is 10.1 Å². The lowest BCUT2D eigenvalue weighted by Crippen LogP contribution is -2.05. The van der Waals surface area contributed by atoms with Gasteiger partial charge in [0.1, 0.15) is 18.2 Å². The molecule has 0 radical (unpaired) electrons. The standard InChI is InChI=1S/C15H13ClFN5O/c16-12-3-6-14(23-9-10-1-4-13(17)5-2-10)11(7-12)8-18-15-19-21-22-20-15/h1-7H,8-9H2,(H2,18,19,20,21,22). The largest absolute Gasteiger partial charge is 0.489 e. The van der Waals surface area contributed by atoms with Crippen LogP contribution in [0, 0.1) is 5.82 Å². The quantitative estimate of drug-likeness (QED) is 0.724. The second-order valence-electron chi connectivity index (χ2n) is 4.76. The second-order valence-corrected chi connectivity index (χ2v) is 5.19. The molecule has 0 fully saturated rings. The predicted molar refractivity (Wildman–Crippen MR) is 83.7 cm³/mol. The Morgan fingerprint density at radius 2 is 2.00 bits per heavy atom. The Kier molecular flexibility index (Phi) is 4.68. The van der Waals surface area contributed by atoms with Crippen LogP contribution in [0.4, 0.5) is 10.3 Å². The van der Waals surface area contributed by atoms with Crippen LogP contribution >= 0.6 is 11.6 Å². The first-order chi connectivity index (χ1) is 11.2. The zero-order chi connectivity index (χ0) is 16.1. The van der Waals surface area contributed by atoms with E-state index in [1.165, 1.54) is 12.1 Å². The molecule has 3 aromatic rings. The minimum Gasteiger partial charge on any atom is -0.489 e. The number of benzene rings is 2. The minimum atomic E-state index is -0.273. The summed E-state index contributed by atoms with van der Waals surface area (Å²) in [5, 5.41) is 17.1. The first-order valence-electron chi connectivity index (χ1n) is 6.84. The lowest BCUT2D eigenvalue weighted by Gasteiger charge is -2.12. The number of halogens is 2. The molecule has 2 aromatic carbocycles. The first kappa shape index (κ1) is 15.2. The third-order valence-corrected chi connectivity index (χ3v) is 3.35. The Balaban J connectivity index is 1.69. The number of anilines is 1. The molecule has 0 aliphatic carbocycles. The summed E-state index contributed by atoms with van der Waals surface area (Å²) in [5.41, 5.74) is 1.72. The highest BCUT2D eigenvalue weighted by atomic mass is 35.5. The van der Waals surface area contributed by atoms with Crippen LogP contribution in [-0.2, 0) is 13.2 Å². The van der Waals surface area contributed by atoms with E-state index in [0.717, 1.165) is 11.1 Å². The molecule has 0 saturated carbocycles. The smallest absolute Gasteiger partial charge is 0.263 e. The summed E-state index contributed by atoms with van der Waals surface area (Å²) >= 11 is 6.04. The molecule has 0 atom stereocenters. The van der Waals surface area contributed by atoms with Crippen LogP contribution in [0.15, 0.2) is 42.5 Å². The Hall–Kier alpha value is -2.67. The number of nitrogens with one attached hydrogen (secondary N) is 2. The molecule has 0 aliphatic rings. The Morgan fingerprint density at radius 1 is 1.17 bits per heavy atom. The van der Waals surface area contributed by atoms with Crippen molar-refractivity contribution < 1.29 is 9.13 Å². The highest BCUT2D eigenvalue weighted by Gasteiger charge is 2.07. The van der Waals surface area contributed by atoms with E-state index in [9.17, 15) is 4.39 Å². The average molecular weight is 334 g/mol. The van der Waals surface area contributed by atoms with Gasteiger partial charge in [-0.25, -0.2) is 4.39 Å². The van der Waals surface area contributed by atoms with Crippen molar-refractivity contribution >= 4 is 17.5 Å². The third kappa shape index (κ3) is 4.17. The molecule has 1 aromatic heterocycles. The number of ether oxygens (including phenoxy) is 1. The second kappa shape index (κ2) is 7.06. The van der Waals surface area contributed by atoms with E-state index in [2.05, 4.69) is 25.9 Å². The van der Waals surface area contributed by atoms with Crippen molar-refractivity contribution in [2.24, 2.45) is 0 Å². The van der Waals surface area contributed by atoms with Gasteiger partial charge in [0, 0.05) is 17.1 Å². The van der Waals surface area contributed by atoms with Crippen LogP contribution in [0.25, 0.3) is 0 Å². The van der Waals surface area contributed by atoms with Crippen LogP contribution in [0.3, 0.4) is 0 Å². The van der Waals surface area contributed by atoms with E-state index in [1.54, 1.807) is 30.3 Å². The summed E-state index contributed by atoms with van der Waals surface area (Å²) in [6, 6.07) is 11.5. The van der Waals surface area contributed by atoms with Crippen LogP contribution in [-0.4, -0.2) is 20.6 Å². The highest BCUT2D eigenvalue weighted by Crippen LogP contribution is 2.24. The van der Waals surface area contributed by atoms with Gasteiger partial charge in [-0.05, 0) is 41.1 Å². The Bertz CT molecular complexity index is 764. The fourth-order valence-corrected chi connectivity index (χ4v) is 2.17. The van der Waals surface area contributed by atoms with Gasteiger partial charge in [-0.15, -0.1) is 5.10 Å². The van der Waals surface area contributed by atoms with Gasteiger partial charge in [0.25, 0.3) is 5.95 Å². The number of hydrogen-bond donors (Lipinski definition) is 2. The van der Waals surface area contributed by atoms with Gasteiger partial charge in [-0.2, -0.15) is 5.21 Å². The number of rotatable bonds is 6. The van der Waals surface area contributed by atoms with Crippen molar-refractivity contribution in [3.05, 3.63) is 64.4 Å². The molecule has 3 rings (SSSR count). The lowest BCUT2D eigenvalue weighted by atomic mass is 10.2. The number of nitrogens with zero attached hydrogens (tertiary/aromatic N) is 3. The Labute approximate surface area is 136 Å². The van der Waals surface area contributed by atoms with Crippen LogP contribution in [0.5, 0.6) is 5.75 Å². The Morgan fingerprint density at radius 3 is 2.74 bits per heavy atom. The molecule has 23 heavy (non-hydrogen) atoms. The third-order valence-electron chi connectivity index (χ3n) is 3.11. The lowest BCUT2D eigenvalue weighted by molar-refractivity contribution is 0.303. The van der Waals surface area contributed by atoms with Gasteiger partial charge in [0.15, 0.2) is 0 Å². The maximum absolute atomic E-state index is 12.9. The van der Waals surface area contributed by atoms with Crippen molar-refractivity contribution in [2.45, 2.75) is 13.2 Å². The monoisotopic (exact) mass is 333 g/mol. The van der Waals surface area contributed by atoms with Crippen molar-refractivity contribution in [3.8, 4) is 5.75 Å². The van der Waals surface area contributed by atoms with E-state index < -0.39 is 0 Å². The molecule has 0 spiro atoms. The highest BCUT2D eigenvalue weighted by molar-refractivity contribution is 6.30. The molecule has 0 bridgehead atoms. The van der Waals surface area contributed by atoms with Gasteiger partial charge >= 0.3 is 0 Å². The van der Waals surface area contributed by atoms with Gasteiger partial charge in [0.05, 0.1) is 0 Å². The number of H-pyrrole nitrogens is 1. The summed E-state index contributed by atoms with van der Waals surface area (Å²) in [7, 11) is 0. The number of tetrazole rings is 1. The van der Waals surface area contributed by atoms with Crippen molar-refractivity contribution in [1.82, 2.24) is 20.6 Å². The number of hydrogen-bond acceptors (Lipinski definition) is 5. The van der Waals surface area contributed by atoms with E-state index in [-0.39, 0.29) is 5.82 Å². The molecule has 0 aliphatic heterocycles. The molecule has 0 unspecified atom stereocenters. The van der Waals surface area contributed by atoms with E-state index in [1.807, 2.05) is 0 Å². The molecular formula is C15H13ClFN5O. The molecule has 118 valence electrons.